The third-order valence-electron chi connectivity index (χ3n) is 8.56. The number of benzene rings is 5. The Morgan fingerprint density at radius 1 is 0.450 bits per heavy atom. The Kier molecular flexibility index (Phi) is 13.7. The van der Waals surface area contributed by atoms with Crippen molar-refractivity contribution < 1.29 is 33.3 Å². The summed E-state index contributed by atoms with van der Waals surface area (Å²) in [7, 11) is 2.78. The van der Waals surface area contributed by atoms with Gasteiger partial charge in [-0.3, -0.25) is 30.6 Å². The second kappa shape index (κ2) is 18.4. The average Bonchev–Trinajstić information content (AvgIpc) is 3.82. The number of halogens is 7. The highest BCUT2D eigenvalue weighted by molar-refractivity contribution is 7.98. The van der Waals surface area contributed by atoms with Gasteiger partial charge in [-0.05, 0) is 30.5 Å². The largest absolute Gasteiger partial charge is 0.494 e. The summed E-state index contributed by atoms with van der Waals surface area (Å²) in [6.45, 7) is 0. The highest BCUT2D eigenvalue weighted by atomic mass is 35.5. The van der Waals surface area contributed by atoms with Crippen molar-refractivity contribution in [2.24, 2.45) is 0 Å². The van der Waals surface area contributed by atoms with Gasteiger partial charge in [-0.2, -0.15) is 0 Å². The number of amidine groups is 3. The van der Waals surface area contributed by atoms with Crippen LogP contribution in [0.2, 0.25) is 35.2 Å². The van der Waals surface area contributed by atoms with Gasteiger partial charge in [0.2, 0.25) is 0 Å². The van der Waals surface area contributed by atoms with Gasteiger partial charge in [0.1, 0.15) is 39.1 Å². The minimum atomic E-state index is -0.507. The van der Waals surface area contributed by atoms with Gasteiger partial charge in [-0.1, -0.05) is 118 Å². The maximum absolute atomic E-state index is 12.3. The van der Waals surface area contributed by atoms with Crippen LogP contribution in [0.4, 0.5) is 0 Å². The summed E-state index contributed by atoms with van der Waals surface area (Å²) in [4.78, 5) is 36.1. The molecule has 21 heteroatoms. The first kappa shape index (κ1) is 44.6. The van der Waals surface area contributed by atoms with E-state index in [2.05, 4.69) is 16.0 Å². The maximum atomic E-state index is 12.3. The van der Waals surface area contributed by atoms with Crippen molar-refractivity contribution in [2.45, 2.75) is 4.90 Å². The molecule has 3 aliphatic rings. The van der Waals surface area contributed by atoms with Gasteiger partial charge in [-0.15, -0.1) is 11.8 Å². The molecule has 5 aromatic carbocycles. The molecule has 0 aromatic heterocycles. The molecule has 13 nitrogen and oxygen atoms in total. The van der Waals surface area contributed by atoms with Gasteiger partial charge in [0.25, 0.3) is 17.7 Å². The van der Waals surface area contributed by atoms with Crippen LogP contribution < -0.4 is 34.9 Å². The number of amides is 3. The Balaban J connectivity index is 0.000000159. The Morgan fingerprint density at radius 2 is 0.833 bits per heavy atom. The Labute approximate surface area is 380 Å². The van der Waals surface area contributed by atoms with Gasteiger partial charge in [0.05, 0.1) is 72.7 Å². The topological polar surface area (TPSA) is 196 Å². The number of nitrogens with one attached hydrogen (secondary N) is 6. The van der Waals surface area contributed by atoms with E-state index in [0.29, 0.717) is 16.4 Å². The van der Waals surface area contributed by atoms with E-state index in [9.17, 15) is 14.4 Å². The molecule has 0 bridgehead atoms. The van der Waals surface area contributed by atoms with Crippen LogP contribution >= 0.6 is 93.0 Å². The molecule has 3 amide bonds. The van der Waals surface area contributed by atoms with E-state index in [4.69, 9.17) is 116 Å². The van der Waals surface area contributed by atoms with E-state index >= 15 is 0 Å². The highest BCUT2D eigenvalue weighted by Crippen LogP contribution is 2.50. The first-order chi connectivity index (χ1) is 28.6. The molecule has 308 valence electrons. The zero-order valence-corrected chi connectivity index (χ0v) is 36.8. The van der Waals surface area contributed by atoms with Crippen molar-refractivity contribution in [3.05, 3.63) is 129 Å². The number of para-hydroxylation sites is 2. The Morgan fingerprint density at radius 3 is 1.28 bits per heavy atom. The summed E-state index contributed by atoms with van der Waals surface area (Å²) in [5.74, 6) is -0.0850. The van der Waals surface area contributed by atoms with Gasteiger partial charge >= 0.3 is 0 Å². The standard InChI is InChI=1S/C20H12Cl2N2O3.C10H8Cl2N2O3.C9H5Cl3N2OS/c21-15-13-14(19(23)24-20(13)25)17(26-11-7-3-1-4-8-11)16(22)18(15)27-12-9-5-2-6-10-12;1-16-7-4-3(10(15)14-9(4)13)5(11)8(17-2)6(7)12;1-16-7-5(11)3-2(4(10)6(7)12)8(13)14-9(3)15/h1-10H,(H2,23,24,25);1-2H3,(H2,13,14,15);1H3,(H2,13,14,15). The summed E-state index contributed by atoms with van der Waals surface area (Å²) in [5, 5.41) is 31.5. The smallest absolute Gasteiger partial charge is 0.259 e. The van der Waals surface area contributed by atoms with E-state index in [0.717, 1.165) is 0 Å². The molecule has 0 fully saturated rings. The molecular formula is C39H25Cl7N6O7S. The molecule has 3 aliphatic heterocycles. The summed E-state index contributed by atoms with van der Waals surface area (Å²) in [6, 6.07) is 17.8. The summed E-state index contributed by atoms with van der Waals surface area (Å²) >= 11 is 44.4. The number of hydrogen-bond acceptors (Lipinski definition) is 11. The van der Waals surface area contributed by atoms with Crippen LogP contribution in [-0.2, 0) is 0 Å². The van der Waals surface area contributed by atoms with Crippen molar-refractivity contribution in [1.29, 1.82) is 16.2 Å². The lowest BCUT2D eigenvalue weighted by Gasteiger charge is -2.17. The molecule has 0 unspecified atom stereocenters. The second-order valence-corrected chi connectivity index (χ2v) is 15.5. The number of carbonyl (C=O) groups excluding carboxylic acids is 3. The molecule has 0 radical (unpaired) electrons. The van der Waals surface area contributed by atoms with Crippen LogP contribution in [-0.4, -0.2) is 55.7 Å². The van der Waals surface area contributed by atoms with Crippen LogP contribution in [0, 0.1) is 16.2 Å². The second-order valence-electron chi connectivity index (χ2n) is 12.0. The predicted molar refractivity (Wildman–Crippen MR) is 235 cm³/mol. The van der Waals surface area contributed by atoms with E-state index in [1.165, 1.54) is 26.0 Å². The molecule has 3 heterocycles. The quantitative estimate of drug-likeness (QED) is 0.0684. The Bertz CT molecular complexity index is 2690. The third kappa shape index (κ3) is 8.14. The molecule has 8 rings (SSSR count). The fourth-order valence-electron chi connectivity index (χ4n) is 5.95. The summed E-state index contributed by atoms with van der Waals surface area (Å²) in [5.41, 5.74) is 1.22. The number of carbonyl (C=O) groups is 3. The van der Waals surface area contributed by atoms with E-state index in [1.807, 2.05) is 12.1 Å². The molecule has 0 atom stereocenters. The maximum Gasteiger partial charge on any atom is 0.259 e. The summed E-state index contributed by atoms with van der Waals surface area (Å²) < 4.78 is 21.9. The van der Waals surface area contributed by atoms with E-state index < -0.39 is 17.7 Å². The fourth-order valence-corrected chi connectivity index (χ4v) is 9.19. The number of ether oxygens (including phenoxy) is 4. The van der Waals surface area contributed by atoms with Crippen LogP contribution in [0.5, 0.6) is 34.5 Å². The van der Waals surface area contributed by atoms with Crippen molar-refractivity contribution in [1.82, 2.24) is 16.0 Å². The molecule has 0 saturated heterocycles. The predicted octanol–water partition coefficient (Wildman–Crippen LogP) is 11.2. The third-order valence-corrected chi connectivity index (χ3v) is 12.2. The van der Waals surface area contributed by atoms with Gasteiger partial charge in [-0.25, -0.2) is 0 Å². The van der Waals surface area contributed by atoms with Crippen LogP contribution in [0.3, 0.4) is 0 Å². The lowest BCUT2D eigenvalue weighted by Crippen LogP contribution is -2.20. The highest BCUT2D eigenvalue weighted by Gasteiger charge is 2.38. The molecular weight excluding hydrogens is 945 g/mol. The van der Waals surface area contributed by atoms with Crippen LogP contribution in [0.1, 0.15) is 47.8 Å². The van der Waals surface area contributed by atoms with Gasteiger partial charge < -0.3 is 34.9 Å². The Hall–Kier alpha value is -4.90. The molecule has 0 aliphatic carbocycles. The molecule has 60 heavy (non-hydrogen) atoms. The number of hydrogen-bond donors (Lipinski definition) is 6. The number of thioether (sulfide) groups is 1. The van der Waals surface area contributed by atoms with Crippen LogP contribution in [0.25, 0.3) is 0 Å². The monoisotopic (exact) mass is 966 g/mol. The molecule has 0 saturated carbocycles. The van der Waals surface area contributed by atoms with Crippen molar-refractivity contribution in [3.63, 3.8) is 0 Å². The minimum absolute atomic E-state index is 0.0269. The lowest BCUT2D eigenvalue weighted by molar-refractivity contribution is 0.0974. The fraction of sp³-hybridized carbons (Fsp3) is 0.0769. The van der Waals surface area contributed by atoms with E-state index in [1.54, 1.807) is 54.8 Å². The lowest BCUT2D eigenvalue weighted by atomic mass is 10.1. The zero-order chi connectivity index (χ0) is 43.7. The van der Waals surface area contributed by atoms with Gasteiger partial charge in [0, 0.05) is 4.90 Å². The molecule has 5 aromatic rings. The SMILES string of the molecule is COc1c(Cl)c(OC)c2c(c1Cl)C(=O)NC2=N.CSc1c(Cl)c(Cl)c2c(c1Cl)C(=O)NC2=N.N=C1NC(=O)c2c(Cl)c(Oc3ccccc3)c(Cl)c(Oc3ccccc3)c21. The first-order valence-corrected chi connectivity index (χ1v) is 20.5. The summed E-state index contributed by atoms with van der Waals surface area (Å²) in [6.07, 6.45) is 1.79. The minimum Gasteiger partial charge on any atom is -0.494 e. The average molecular weight is 970 g/mol. The zero-order valence-electron chi connectivity index (χ0n) is 30.7. The molecule has 6 N–H and O–H groups in total. The van der Waals surface area contributed by atoms with E-state index in [-0.39, 0.29) is 109 Å². The number of rotatable bonds is 7. The van der Waals surface area contributed by atoms with Crippen molar-refractivity contribution >= 4 is 128 Å². The normalized spacial score (nSPS) is 13.2. The number of fused-ring (bicyclic) bond motifs is 3. The molecule has 0 spiro atoms. The van der Waals surface area contributed by atoms with Crippen LogP contribution in [0.15, 0.2) is 65.6 Å². The van der Waals surface area contributed by atoms with Crippen molar-refractivity contribution in [2.75, 3.05) is 20.5 Å². The van der Waals surface area contributed by atoms with Gasteiger partial charge in [0.15, 0.2) is 23.0 Å². The van der Waals surface area contributed by atoms with Crippen molar-refractivity contribution in [3.8, 4) is 34.5 Å². The number of methoxy groups -OCH3 is 2. The first-order valence-electron chi connectivity index (χ1n) is 16.7.